The summed E-state index contributed by atoms with van der Waals surface area (Å²) in [6.45, 7) is 4.56. The maximum atomic E-state index is 13.3. The zero-order valence-electron chi connectivity index (χ0n) is 20.5. The molecule has 2 aromatic heterocycles. The summed E-state index contributed by atoms with van der Waals surface area (Å²) in [6, 6.07) is 16.4. The van der Waals surface area contributed by atoms with E-state index >= 15 is 0 Å². The van der Waals surface area contributed by atoms with E-state index in [1.54, 1.807) is 29.4 Å². The number of esters is 1. The molecule has 1 atom stereocenters. The second-order valence-corrected chi connectivity index (χ2v) is 8.93. The molecule has 0 aliphatic carbocycles. The fourth-order valence-corrected chi connectivity index (χ4v) is 4.45. The minimum atomic E-state index is -0.967. The van der Waals surface area contributed by atoms with Crippen molar-refractivity contribution in [2.45, 2.75) is 45.3 Å². The molecule has 1 N–H and O–H groups in total. The van der Waals surface area contributed by atoms with Gasteiger partial charge in [0.1, 0.15) is 0 Å². The minimum Gasteiger partial charge on any atom is -0.447 e. The fourth-order valence-electron chi connectivity index (χ4n) is 4.45. The first-order chi connectivity index (χ1) is 17.4. The Morgan fingerprint density at radius 1 is 1.06 bits per heavy atom. The molecule has 1 saturated heterocycles. The van der Waals surface area contributed by atoms with Crippen molar-refractivity contribution in [1.82, 2.24) is 20.2 Å². The third kappa shape index (κ3) is 6.13. The quantitative estimate of drug-likeness (QED) is 0.511. The van der Waals surface area contributed by atoms with Crippen LogP contribution in [-0.2, 0) is 20.9 Å². The van der Waals surface area contributed by atoms with E-state index in [1.807, 2.05) is 49.4 Å². The predicted octanol–water partition coefficient (Wildman–Crippen LogP) is 3.73. The largest absolute Gasteiger partial charge is 0.447 e. The van der Waals surface area contributed by atoms with Crippen LogP contribution in [0.1, 0.15) is 64.7 Å². The number of carbonyl (C=O) groups excluding carboxylic acids is 3. The van der Waals surface area contributed by atoms with Gasteiger partial charge < -0.3 is 15.0 Å². The van der Waals surface area contributed by atoms with Crippen LogP contribution in [0.3, 0.4) is 0 Å². The van der Waals surface area contributed by atoms with Gasteiger partial charge in [0.15, 0.2) is 0 Å². The summed E-state index contributed by atoms with van der Waals surface area (Å²) in [5, 5.41) is 2.96. The van der Waals surface area contributed by atoms with Crippen LogP contribution in [0, 0.1) is 6.92 Å². The molecule has 36 heavy (non-hydrogen) atoms. The molecule has 8 nitrogen and oxygen atoms in total. The number of hydrogen-bond donors (Lipinski definition) is 1. The van der Waals surface area contributed by atoms with E-state index in [9.17, 15) is 14.4 Å². The highest BCUT2D eigenvalue weighted by Crippen LogP contribution is 2.31. The molecule has 1 aliphatic rings. The van der Waals surface area contributed by atoms with Crippen molar-refractivity contribution in [3.63, 3.8) is 0 Å². The molecule has 186 valence electrons. The molecule has 4 rings (SSSR count). The van der Waals surface area contributed by atoms with Crippen LogP contribution in [0.15, 0.2) is 67.0 Å². The van der Waals surface area contributed by atoms with Gasteiger partial charge in [0, 0.05) is 56.1 Å². The molecule has 0 unspecified atom stereocenters. The second kappa shape index (κ2) is 11.6. The molecule has 0 radical (unpaired) electrons. The molecule has 1 aliphatic heterocycles. The molecule has 0 spiro atoms. The molecular formula is C28H30N4O4. The van der Waals surface area contributed by atoms with Gasteiger partial charge in [-0.15, -0.1) is 0 Å². The number of pyridine rings is 2. The number of rotatable bonds is 7. The van der Waals surface area contributed by atoms with Gasteiger partial charge in [-0.2, -0.15) is 0 Å². The van der Waals surface area contributed by atoms with Crippen LogP contribution in [0.4, 0.5) is 0 Å². The van der Waals surface area contributed by atoms with Gasteiger partial charge >= 0.3 is 5.97 Å². The van der Waals surface area contributed by atoms with E-state index in [0.717, 1.165) is 17.0 Å². The first-order valence-electron chi connectivity index (χ1n) is 12.1. The van der Waals surface area contributed by atoms with Crippen molar-refractivity contribution in [1.29, 1.82) is 0 Å². The molecule has 1 fully saturated rings. The molecule has 8 heteroatoms. The Bertz CT molecular complexity index is 1210. The fraction of sp³-hybridized carbons (Fsp3) is 0.321. The summed E-state index contributed by atoms with van der Waals surface area (Å²) >= 11 is 0. The van der Waals surface area contributed by atoms with Crippen molar-refractivity contribution in [3.05, 3.63) is 95.1 Å². The average Bonchev–Trinajstić information content (AvgIpc) is 2.91. The number of aryl methyl sites for hydroxylation is 1. The molecule has 3 heterocycles. The number of amides is 2. The monoisotopic (exact) mass is 486 g/mol. The normalized spacial score (nSPS) is 14.7. The lowest BCUT2D eigenvalue weighted by molar-refractivity contribution is -0.159. The van der Waals surface area contributed by atoms with E-state index in [4.69, 9.17) is 9.72 Å². The SMILES string of the molecule is CC(=O)O[C@H](C(=O)N1CCC(c2nc(C)ccc2C(=O)NCc2cccnc2)CC1)c1ccccc1. The van der Waals surface area contributed by atoms with Crippen molar-refractivity contribution < 1.29 is 19.1 Å². The van der Waals surface area contributed by atoms with Crippen molar-refractivity contribution in [3.8, 4) is 0 Å². The summed E-state index contributed by atoms with van der Waals surface area (Å²) in [5.74, 6) is -0.879. The lowest BCUT2D eigenvalue weighted by atomic mass is 9.89. The molecule has 3 aromatic rings. The summed E-state index contributed by atoms with van der Waals surface area (Å²) in [4.78, 5) is 48.5. The lowest BCUT2D eigenvalue weighted by Gasteiger charge is -2.34. The van der Waals surface area contributed by atoms with Gasteiger partial charge in [0.05, 0.1) is 11.3 Å². The van der Waals surface area contributed by atoms with E-state index < -0.39 is 12.1 Å². The van der Waals surface area contributed by atoms with Crippen molar-refractivity contribution in [2.75, 3.05) is 13.1 Å². The summed E-state index contributed by atoms with van der Waals surface area (Å²) < 4.78 is 5.39. The van der Waals surface area contributed by atoms with E-state index in [-0.39, 0.29) is 17.7 Å². The molecular weight excluding hydrogens is 456 g/mol. The third-order valence-corrected chi connectivity index (χ3v) is 6.29. The Morgan fingerprint density at radius 2 is 1.81 bits per heavy atom. The summed E-state index contributed by atoms with van der Waals surface area (Å²) in [7, 11) is 0. The highest BCUT2D eigenvalue weighted by Gasteiger charge is 2.33. The standard InChI is InChI=1S/C28H30N4O4/c1-19-10-11-24(27(34)30-18-21-7-6-14-29-17-21)25(31-19)22-12-15-32(16-13-22)28(35)26(36-20(2)33)23-8-4-3-5-9-23/h3-11,14,17,22,26H,12-13,15-16,18H2,1-2H3,(H,30,34)/t26-/m0/s1. The second-order valence-electron chi connectivity index (χ2n) is 8.93. The van der Waals surface area contributed by atoms with Crippen LogP contribution < -0.4 is 5.32 Å². The molecule has 2 amide bonds. The number of aromatic nitrogens is 2. The highest BCUT2D eigenvalue weighted by molar-refractivity contribution is 5.95. The smallest absolute Gasteiger partial charge is 0.303 e. The van der Waals surface area contributed by atoms with Crippen LogP contribution in [0.25, 0.3) is 0 Å². The Balaban J connectivity index is 1.45. The average molecular weight is 487 g/mol. The van der Waals surface area contributed by atoms with Crippen molar-refractivity contribution in [2.24, 2.45) is 0 Å². The number of nitrogens with one attached hydrogen (secondary N) is 1. The van der Waals surface area contributed by atoms with Crippen LogP contribution in [-0.4, -0.2) is 45.7 Å². The van der Waals surface area contributed by atoms with E-state index in [0.29, 0.717) is 43.6 Å². The third-order valence-electron chi connectivity index (χ3n) is 6.29. The highest BCUT2D eigenvalue weighted by atomic mass is 16.5. The maximum absolute atomic E-state index is 13.3. The predicted molar refractivity (Wildman–Crippen MR) is 134 cm³/mol. The number of ether oxygens (including phenoxy) is 1. The Hall–Kier alpha value is -4.07. The summed E-state index contributed by atoms with van der Waals surface area (Å²) in [5.41, 5.74) is 3.71. The van der Waals surface area contributed by atoms with Crippen LogP contribution in [0.2, 0.25) is 0 Å². The number of nitrogens with zero attached hydrogens (tertiary/aromatic N) is 3. The molecule has 0 saturated carbocycles. The van der Waals surface area contributed by atoms with Gasteiger partial charge in [-0.1, -0.05) is 36.4 Å². The van der Waals surface area contributed by atoms with Crippen LogP contribution in [0.5, 0.6) is 0 Å². The molecule has 1 aromatic carbocycles. The lowest BCUT2D eigenvalue weighted by Crippen LogP contribution is -2.42. The van der Waals surface area contributed by atoms with Crippen LogP contribution >= 0.6 is 0 Å². The van der Waals surface area contributed by atoms with Gasteiger partial charge in [-0.05, 0) is 43.5 Å². The van der Waals surface area contributed by atoms with Gasteiger partial charge in [-0.25, -0.2) is 0 Å². The van der Waals surface area contributed by atoms with E-state index in [1.165, 1.54) is 6.92 Å². The number of likely N-dealkylation sites (tertiary alicyclic amines) is 1. The number of hydrogen-bond acceptors (Lipinski definition) is 6. The van der Waals surface area contributed by atoms with E-state index in [2.05, 4.69) is 10.3 Å². The summed E-state index contributed by atoms with van der Waals surface area (Å²) in [6.07, 6.45) is 3.77. The molecule has 0 bridgehead atoms. The number of benzene rings is 1. The number of carbonyl (C=O) groups is 3. The Labute approximate surface area is 210 Å². The Morgan fingerprint density at radius 3 is 2.47 bits per heavy atom. The Kier molecular flexibility index (Phi) is 8.05. The number of piperidine rings is 1. The first kappa shape index (κ1) is 25.0. The minimum absolute atomic E-state index is 0.0389. The zero-order valence-corrected chi connectivity index (χ0v) is 20.5. The first-order valence-corrected chi connectivity index (χ1v) is 12.1. The zero-order chi connectivity index (χ0) is 25.5. The maximum Gasteiger partial charge on any atom is 0.303 e. The van der Waals surface area contributed by atoms with Gasteiger partial charge in [-0.3, -0.25) is 24.4 Å². The van der Waals surface area contributed by atoms with Gasteiger partial charge in [0.25, 0.3) is 11.8 Å². The topological polar surface area (TPSA) is 101 Å². The van der Waals surface area contributed by atoms with Crippen molar-refractivity contribution >= 4 is 17.8 Å². The van der Waals surface area contributed by atoms with Gasteiger partial charge in [0.2, 0.25) is 6.10 Å².